The lowest BCUT2D eigenvalue weighted by Crippen LogP contribution is -1.98. The van der Waals surface area contributed by atoms with Gasteiger partial charge in [-0.05, 0) is 41.1 Å². The van der Waals surface area contributed by atoms with Crippen molar-refractivity contribution in [3.05, 3.63) is 54.1 Å². The number of hydrogen-bond donors (Lipinski definition) is 0. The number of fused-ring (bicyclic) bond motifs is 3. The first-order chi connectivity index (χ1) is 10.3. The quantitative estimate of drug-likeness (QED) is 0.563. The van der Waals surface area contributed by atoms with Gasteiger partial charge in [0.15, 0.2) is 0 Å². The molecule has 0 bridgehead atoms. The molecule has 21 heavy (non-hydrogen) atoms. The number of tetrazole rings is 1. The highest BCUT2D eigenvalue weighted by molar-refractivity contribution is 5.85. The highest BCUT2D eigenvalue weighted by Gasteiger charge is 2.12. The van der Waals surface area contributed by atoms with E-state index in [1.807, 2.05) is 55.5 Å². The molecule has 0 fully saturated rings. The van der Waals surface area contributed by atoms with Crippen molar-refractivity contribution in [2.45, 2.75) is 6.92 Å². The third-order valence-electron chi connectivity index (χ3n) is 3.32. The van der Waals surface area contributed by atoms with Crippen LogP contribution in [0.25, 0.3) is 16.7 Å². The summed E-state index contributed by atoms with van der Waals surface area (Å²) in [6, 6.07) is 15.6. The molecule has 102 valence electrons. The van der Waals surface area contributed by atoms with Crippen LogP contribution >= 0.6 is 0 Å². The topological polar surface area (TPSA) is 65.2 Å². The number of rotatable bonds is 2. The van der Waals surface area contributed by atoms with Crippen LogP contribution in [0, 0.1) is 6.92 Å². The van der Waals surface area contributed by atoms with E-state index in [9.17, 15) is 0 Å². The van der Waals surface area contributed by atoms with Crippen LogP contribution in [0.3, 0.4) is 0 Å². The van der Waals surface area contributed by atoms with Gasteiger partial charge in [-0.3, -0.25) is 0 Å². The SMILES string of the molecule is Cc1ccccc1Oc1nc2nnnn2c2ccccc12. The second-order valence-corrected chi connectivity index (χ2v) is 4.69. The molecule has 0 aliphatic carbocycles. The van der Waals surface area contributed by atoms with Crippen molar-refractivity contribution in [3.8, 4) is 11.6 Å². The molecule has 2 heterocycles. The van der Waals surface area contributed by atoms with E-state index in [1.165, 1.54) is 0 Å². The molecule has 0 saturated heterocycles. The molecule has 0 saturated carbocycles. The summed E-state index contributed by atoms with van der Waals surface area (Å²) in [4.78, 5) is 4.40. The fraction of sp³-hybridized carbons (Fsp3) is 0.0667. The minimum absolute atomic E-state index is 0.414. The fourth-order valence-electron chi connectivity index (χ4n) is 2.25. The minimum Gasteiger partial charge on any atom is -0.438 e. The van der Waals surface area contributed by atoms with E-state index >= 15 is 0 Å². The average molecular weight is 277 g/mol. The average Bonchev–Trinajstić information content (AvgIpc) is 2.98. The van der Waals surface area contributed by atoms with Gasteiger partial charge >= 0.3 is 0 Å². The molecule has 0 aliphatic heterocycles. The summed E-state index contributed by atoms with van der Waals surface area (Å²) in [6.45, 7) is 1.99. The lowest BCUT2D eigenvalue weighted by atomic mass is 10.2. The molecule has 4 rings (SSSR count). The van der Waals surface area contributed by atoms with Gasteiger partial charge in [0.05, 0.1) is 10.9 Å². The van der Waals surface area contributed by atoms with Crippen molar-refractivity contribution in [2.24, 2.45) is 0 Å². The molecule has 0 atom stereocenters. The Hall–Kier alpha value is -3.02. The Balaban J connectivity index is 1.96. The van der Waals surface area contributed by atoms with Crippen LogP contribution in [0.1, 0.15) is 5.56 Å². The summed E-state index contributed by atoms with van der Waals surface area (Å²) in [5.41, 5.74) is 1.90. The monoisotopic (exact) mass is 277 g/mol. The van der Waals surface area contributed by atoms with Crippen molar-refractivity contribution in [1.29, 1.82) is 0 Å². The van der Waals surface area contributed by atoms with Crippen molar-refractivity contribution in [3.63, 3.8) is 0 Å². The Labute approximate surface area is 120 Å². The number of ether oxygens (including phenoxy) is 1. The van der Waals surface area contributed by atoms with Crippen LogP contribution < -0.4 is 4.74 Å². The van der Waals surface area contributed by atoms with Gasteiger partial charge in [0, 0.05) is 0 Å². The molecule has 0 N–H and O–H groups in total. The molecule has 0 spiro atoms. The van der Waals surface area contributed by atoms with Gasteiger partial charge in [0.1, 0.15) is 5.75 Å². The highest BCUT2D eigenvalue weighted by atomic mass is 16.5. The van der Waals surface area contributed by atoms with Gasteiger partial charge in [-0.2, -0.15) is 9.50 Å². The first-order valence-corrected chi connectivity index (χ1v) is 6.53. The Morgan fingerprint density at radius 1 is 1.00 bits per heavy atom. The Kier molecular flexibility index (Phi) is 2.53. The standard InChI is InChI=1S/C15H11N5O/c1-10-6-2-5-9-13(10)21-14-11-7-3-4-8-12(11)20-15(16-14)17-18-19-20/h2-9H,1H3. The van der Waals surface area contributed by atoms with Crippen LogP contribution in [0.5, 0.6) is 11.6 Å². The maximum atomic E-state index is 5.98. The molecule has 0 radical (unpaired) electrons. The molecule has 0 unspecified atom stereocenters. The van der Waals surface area contributed by atoms with Gasteiger partial charge in [-0.1, -0.05) is 35.4 Å². The molecule has 2 aromatic heterocycles. The summed E-state index contributed by atoms with van der Waals surface area (Å²) in [5.74, 6) is 1.69. The molecule has 4 aromatic rings. The van der Waals surface area contributed by atoms with E-state index in [2.05, 4.69) is 20.5 Å². The van der Waals surface area contributed by atoms with E-state index < -0.39 is 0 Å². The van der Waals surface area contributed by atoms with Gasteiger partial charge in [0.25, 0.3) is 5.78 Å². The predicted molar refractivity (Wildman–Crippen MR) is 77.3 cm³/mol. The van der Waals surface area contributed by atoms with Crippen LogP contribution in [-0.2, 0) is 0 Å². The maximum Gasteiger partial charge on any atom is 0.277 e. The summed E-state index contributed by atoms with van der Waals surface area (Å²) in [6.07, 6.45) is 0. The van der Waals surface area contributed by atoms with Crippen LogP contribution in [0.4, 0.5) is 0 Å². The third kappa shape index (κ3) is 1.88. The van der Waals surface area contributed by atoms with Gasteiger partial charge in [-0.25, -0.2) is 0 Å². The molecule has 6 heteroatoms. The highest BCUT2D eigenvalue weighted by Crippen LogP contribution is 2.29. The fourth-order valence-corrected chi connectivity index (χ4v) is 2.25. The molecular weight excluding hydrogens is 266 g/mol. The number of hydrogen-bond acceptors (Lipinski definition) is 5. The van der Waals surface area contributed by atoms with Crippen LogP contribution in [0.15, 0.2) is 48.5 Å². The number of nitrogens with zero attached hydrogens (tertiary/aromatic N) is 5. The lowest BCUT2D eigenvalue weighted by molar-refractivity contribution is 0.466. The van der Waals surface area contributed by atoms with Gasteiger partial charge in [-0.15, -0.1) is 0 Å². The summed E-state index contributed by atoms with van der Waals surface area (Å²) in [7, 11) is 0. The van der Waals surface area contributed by atoms with Crippen molar-refractivity contribution >= 4 is 16.7 Å². The zero-order chi connectivity index (χ0) is 14.2. The molecule has 0 aliphatic rings. The zero-order valence-electron chi connectivity index (χ0n) is 11.3. The molecular formula is C15H11N5O. The zero-order valence-corrected chi connectivity index (χ0v) is 11.3. The van der Waals surface area contributed by atoms with Crippen LogP contribution in [-0.4, -0.2) is 25.0 Å². The predicted octanol–water partition coefficient (Wildman–Crippen LogP) is 2.77. The van der Waals surface area contributed by atoms with Gasteiger partial charge < -0.3 is 4.74 Å². The number of benzene rings is 2. The van der Waals surface area contributed by atoms with E-state index in [0.717, 1.165) is 22.2 Å². The third-order valence-corrected chi connectivity index (χ3v) is 3.32. The largest absolute Gasteiger partial charge is 0.438 e. The van der Waals surface area contributed by atoms with E-state index in [4.69, 9.17) is 4.74 Å². The number of aromatic nitrogens is 5. The van der Waals surface area contributed by atoms with E-state index in [-0.39, 0.29) is 0 Å². The Bertz CT molecular complexity index is 947. The summed E-state index contributed by atoms with van der Waals surface area (Å²) >= 11 is 0. The van der Waals surface area contributed by atoms with Crippen LogP contribution in [0.2, 0.25) is 0 Å². The Morgan fingerprint density at radius 3 is 2.71 bits per heavy atom. The second kappa shape index (κ2) is 4.52. The first-order valence-electron chi connectivity index (χ1n) is 6.53. The van der Waals surface area contributed by atoms with E-state index in [0.29, 0.717) is 11.7 Å². The van der Waals surface area contributed by atoms with E-state index in [1.54, 1.807) is 4.52 Å². The summed E-state index contributed by atoms with van der Waals surface area (Å²) < 4.78 is 7.58. The first kappa shape index (κ1) is 11.8. The number of para-hydroxylation sites is 2. The molecule has 0 amide bonds. The summed E-state index contributed by atoms with van der Waals surface area (Å²) in [5, 5.41) is 12.4. The second-order valence-electron chi connectivity index (χ2n) is 4.69. The lowest BCUT2D eigenvalue weighted by Gasteiger charge is -2.10. The maximum absolute atomic E-state index is 5.98. The van der Waals surface area contributed by atoms with Crippen molar-refractivity contribution < 1.29 is 4.74 Å². The minimum atomic E-state index is 0.414. The molecule has 2 aromatic carbocycles. The number of aryl methyl sites for hydroxylation is 1. The van der Waals surface area contributed by atoms with Crippen molar-refractivity contribution in [2.75, 3.05) is 0 Å². The van der Waals surface area contributed by atoms with Crippen molar-refractivity contribution in [1.82, 2.24) is 25.0 Å². The smallest absolute Gasteiger partial charge is 0.277 e. The normalized spacial score (nSPS) is 11.1. The Morgan fingerprint density at radius 2 is 1.81 bits per heavy atom. The van der Waals surface area contributed by atoms with Gasteiger partial charge in [0.2, 0.25) is 5.88 Å². The molecule has 6 nitrogen and oxygen atoms in total.